The lowest BCUT2D eigenvalue weighted by atomic mass is 9.85. The Hall–Kier alpha value is -3.36. The molecule has 176 valence electrons. The van der Waals surface area contributed by atoms with Crippen LogP contribution in [0.1, 0.15) is 23.6 Å². The van der Waals surface area contributed by atoms with Gasteiger partial charge >= 0.3 is 5.97 Å². The molecule has 8 nitrogen and oxygen atoms in total. The Bertz CT molecular complexity index is 1280. The highest BCUT2D eigenvalue weighted by Gasteiger charge is 2.46. The van der Waals surface area contributed by atoms with Crippen molar-refractivity contribution in [2.45, 2.75) is 25.3 Å². The molecule has 0 saturated heterocycles. The third-order valence-corrected chi connectivity index (χ3v) is 6.95. The van der Waals surface area contributed by atoms with E-state index in [1.807, 2.05) is 29.2 Å². The van der Waals surface area contributed by atoms with Crippen molar-refractivity contribution in [3.63, 3.8) is 0 Å². The van der Waals surface area contributed by atoms with Crippen LogP contribution in [0.4, 0.5) is 23.1 Å². The highest BCUT2D eigenvalue weighted by molar-refractivity contribution is 6.33. The molecule has 0 fully saturated rings. The minimum Gasteiger partial charge on any atom is -0.495 e. The number of nitrogens with one attached hydrogen (secondary N) is 1. The maximum absolute atomic E-state index is 12.1. The van der Waals surface area contributed by atoms with Crippen molar-refractivity contribution in [1.29, 1.82) is 0 Å². The van der Waals surface area contributed by atoms with Crippen LogP contribution in [0.5, 0.6) is 5.75 Å². The number of ether oxygens (including phenoxy) is 1. The van der Waals surface area contributed by atoms with Crippen molar-refractivity contribution >= 4 is 40.7 Å². The Labute approximate surface area is 203 Å². The van der Waals surface area contributed by atoms with Crippen LogP contribution in [0.2, 0.25) is 5.02 Å². The van der Waals surface area contributed by atoms with E-state index in [0.717, 1.165) is 36.4 Å². The summed E-state index contributed by atoms with van der Waals surface area (Å²) in [6.45, 7) is 3.81. The molecule has 2 aliphatic heterocycles. The maximum atomic E-state index is 12.1. The minimum atomic E-state index is -1.08. The summed E-state index contributed by atoms with van der Waals surface area (Å²) in [7, 11) is 3.75. The molecule has 5 rings (SSSR count). The van der Waals surface area contributed by atoms with Gasteiger partial charge in [0.25, 0.3) is 0 Å². The van der Waals surface area contributed by atoms with Crippen molar-refractivity contribution in [3.05, 3.63) is 64.3 Å². The SMILES string of the molecule is COc1cc2c(cc1Nc1ncc(Cl)c(N3C[C@@](C)(C(=O)O)c4ccccc43)n1)CN(C)CC2. The smallest absolute Gasteiger partial charge is 0.315 e. The van der Waals surface area contributed by atoms with Gasteiger partial charge in [0.1, 0.15) is 16.2 Å². The number of carbonyl (C=O) groups is 1. The fourth-order valence-electron chi connectivity index (χ4n) is 4.76. The molecule has 0 spiro atoms. The highest BCUT2D eigenvalue weighted by atomic mass is 35.5. The van der Waals surface area contributed by atoms with E-state index in [1.165, 1.54) is 17.3 Å². The first-order valence-corrected chi connectivity index (χ1v) is 11.5. The molecule has 2 aromatic carbocycles. The molecule has 2 N–H and O–H groups in total. The number of carboxylic acids is 1. The van der Waals surface area contributed by atoms with Crippen molar-refractivity contribution in [2.75, 3.05) is 37.5 Å². The Morgan fingerprint density at radius 3 is 2.82 bits per heavy atom. The molecule has 1 atom stereocenters. The Kier molecular flexibility index (Phi) is 5.58. The minimum absolute atomic E-state index is 0.215. The van der Waals surface area contributed by atoms with E-state index in [4.69, 9.17) is 16.3 Å². The number of rotatable bonds is 5. The van der Waals surface area contributed by atoms with Gasteiger partial charge in [-0.05, 0) is 55.3 Å². The number of benzene rings is 2. The molecule has 0 unspecified atom stereocenters. The monoisotopic (exact) mass is 479 g/mol. The van der Waals surface area contributed by atoms with Crippen LogP contribution in [0.3, 0.4) is 0 Å². The van der Waals surface area contributed by atoms with Crippen LogP contribution in [0.25, 0.3) is 0 Å². The normalized spacial score (nSPS) is 19.5. The quantitative estimate of drug-likeness (QED) is 0.557. The second kappa shape index (κ2) is 8.45. The number of aromatic nitrogens is 2. The van der Waals surface area contributed by atoms with Gasteiger partial charge in [-0.15, -0.1) is 0 Å². The number of methoxy groups -OCH3 is 1. The van der Waals surface area contributed by atoms with Crippen LogP contribution >= 0.6 is 11.6 Å². The van der Waals surface area contributed by atoms with E-state index in [9.17, 15) is 9.90 Å². The van der Waals surface area contributed by atoms with Gasteiger partial charge in [0, 0.05) is 25.3 Å². The molecule has 9 heteroatoms. The molecule has 0 radical (unpaired) electrons. The lowest BCUT2D eigenvalue weighted by molar-refractivity contribution is -0.142. The number of fused-ring (bicyclic) bond motifs is 2. The Morgan fingerprint density at radius 2 is 2.06 bits per heavy atom. The number of aliphatic carboxylic acids is 1. The summed E-state index contributed by atoms with van der Waals surface area (Å²) in [4.78, 5) is 25.3. The lowest BCUT2D eigenvalue weighted by Crippen LogP contribution is -2.36. The first kappa shape index (κ1) is 22.4. The van der Waals surface area contributed by atoms with Crippen molar-refractivity contribution in [3.8, 4) is 5.75 Å². The number of carboxylic acid groups (broad SMARTS) is 1. The molecule has 2 aliphatic rings. The number of anilines is 4. The third-order valence-electron chi connectivity index (χ3n) is 6.69. The summed E-state index contributed by atoms with van der Waals surface area (Å²) >= 11 is 6.52. The Balaban J connectivity index is 1.52. The zero-order chi connectivity index (χ0) is 24.0. The molecular formula is C25H26ClN5O3. The summed E-state index contributed by atoms with van der Waals surface area (Å²) in [5.41, 5.74) is 3.70. The lowest BCUT2D eigenvalue weighted by Gasteiger charge is -2.26. The molecule has 3 heterocycles. The average Bonchev–Trinajstić information content (AvgIpc) is 3.14. The number of hydrogen-bond acceptors (Lipinski definition) is 7. The van der Waals surface area contributed by atoms with Gasteiger partial charge in [0.05, 0.1) is 19.0 Å². The third kappa shape index (κ3) is 3.73. The van der Waals surface area contributed by atoms with Crippen molar-refractivity contribution < 1.29 is 14.6 Å². The summed E-state index contributed by atoms with van der Waals surface area (Å²) in [5.74, 6) is 0.625. The molecular weight excluding hydrogens is 454 g/mol. The van der Waals surface area contributed by atoms with E-state index in [2.05, 4.69) is 39.4 Å². The predicted octanol–water partition coefficient (Wildman–Crippen LogP) is 4.36. The molecule has 1 aromatic heterocycles. The van der Waals surface area contributed by atoms with Crippen LogP contribution in [-0.4, -0.2) is 53.2 Å². The van der Waals surface area contributed by atoms with Gasteiger partial charge < -0.3 is 25.0 Å². The first-order valence-electron chi connectivity index (χ1n) is 11.1. The van der Waals surface area contributed by atoms with Crippen molar-refractivity contribution in [1.82, 2.24) is 14.9 Å². The Morgan fingerprint density at radius 1 is 1.26 bits per heavy atom. The van der Waals surface area contributed by atoms with Gasteiger partial charge in [-0.2, -0.15) is 4.98 Å². The van der Waals surface area contributed by atoms with E-state index in [1.54, 1.807) is 14.0 Å². The molecule has 0 bridgehead atoms. The maximum Gasteiger partial charge on any atom is 0.315 e. The van der Waals surface area contributed by atoms with Gasteiger partial charge in [-0.25, -0.2) is 4.98 Å². The standard InChI is InChI=1S/C25H26ClN5O3/c1-25(23(32)33)14-31(20-7-5-4-6-17(20)25)22-18(26)12-27-24(29-22)28-19-10-16-13-30(2)9-8-15(16)11-21(19)34-3/h4-7,10-12H,8-9,13-14H2,1-3H3,(H,32,33)(H,27,28,29)/t25-/m1/s1. The first-order chi connectivity index (χ1) is 16.3. The van der Waals surface area contributed by atoms with E-state index >= 15 is 0 Å². The van der Waals surface area contributed by atoms with Crippen LogP contribution in [0, 0.1) is 0 Å². The van der Waals surface area contributed by atoms with Gasteiger partial charge in [0.2, 0.25) is 5.95 Å². The predicted molar refractivity (Wildman–Crippen MR) is 132 cm³/mol. The fourth-order valence-corrected chi connectivity index (χ4v) is 4.95. The summed E-state index contributed by atoms with van der Waals surface area (Å²) in [6.07, 6.45) is 2.50. The van der Waals surface area contributed by atoms with Crippen LogP contribution in [0.15, 0.2) is 42.6 Å². The number of hydrogen-bond donors (Lipinski definition) is 2. The van der Waals surface area contributed by atoms with Crippen LogP contribution in [-0.2, 0) is 23.2 Å². The van der Waals surface area contributed by atoms with Gasteiger partial charge in [-0.3, -0.25) is 4.79 Å². The molecule has 34 heavy (non-hydrogen) atoms. The largest absolute Gasteiger partial charge is 0.495 e. The zero-order valence-corrected chi connectivity index (χ0v) is 20.1. The second-order valence-electron chi connectivity index (χ2n) is 9.04. The van der Waals surface area contributed by atoms with E-state index < -0.39 is 11.4 Å². The van der Waals surface area contributed by atoms with E-state index in [-0.39, 0.29) is 6.54 Å². The second-order valence-corrected chi connectivity index (χ2v) is 9.45. The van der Waals surface area contributed by atoms with Crippen molar-refractivity contribution in [2.24, 2.45) is 0 Å². The number of para-hydroxylation sites is 1. The van der Waals surface area contributed by atoms with E-state index in [0.29, 0.717) is 22.5 Å². The van der Waals surface area contributed by atoms with Crippen LogP contribution < -0.4 is 15.0 Å². The molecule has 0 amide bonds. The number of halogens is 1. The summed E-state index contributed by atoms with van der Waals surface area (Å²) in [5, 5.41) is 13.6. The summed E-state index contributed by atoms with van der Waals surface area (Å²) < 4.78 is 5.63. The summed E-state index contributed by atoms with van der Waals surface area (Å²) in [6, 6.07) is 11.6. The average molecular weight is 480 g/mol. The molecule has 0 aliphatic carbocycles. The fraction of sp³-hybridized carbons (Fsp3) is 0.320. The number of likely N-dealkylation sites (N-methyl/N-ethyl adjacent to an activating group) is 1. The molecule has 3 aromatic rings. The molecule has 0 saturated carbocycles. The van der Waals surface area contributed by atoms with Gasteiger partial charge in [0.15, 0.2) is 5.82 Å². The zero-order valence-electron chi connectivity index (χ0n) is 19.3. The topological polar surface area (TPSA) is 90.8 Å². The van der Waals surface area contributed by atoms with Gasteiger partial charge in [-0.1, -0.05) is 29.8 Å². The number of nitrogens with zero attached hydrogens (tertiary/aromatic N) is 4. The highest BCUT2D eigenvalue weighted by Crippen LogP contribution is 2.46.